The summed E-state index contributed by atoms with van der Waals surface area (Å²) in [5, 5.41) is 6.28. The van der Waals surface area contributed by atoms with Gasteiger partial charge >= 0.3 is 0 Å². The summed E-state index contributed by atoms with van der Waals surface area (Å²) in [6.45, 7) is 6.46. The SMILES string of the molecule is CC1CN(c2ccc(Cl)cc2)CCN1Cc1ccc(CNc2cccc3c2C(=O)N(C2CCC(=O)NC2=O)C3=O)cc1. The third-order valence-electron chi connectivity index (χ3n) is 8.32. The van der Waals surface area contributed by atoms with Crippen LogP contribution in [-0.4, -0.2) is 65.1 Å². The number of carbonyl (C=O) groups excluding carboxylic acids is 4. The highest BCUT2D eigenvalue weighted by atomic mass is 35.5. The number of fused-ring (bicyclic) bond motifs is 1. The molecule has 0 radical (unpaired) electrons. The second-order valence-corrected chi connectivity index (χ2v) is 11.5. The number of anilines is 2. The van der Waals surface area contributed by atoms with Crippen molar-refractivity contribution in [2.75, 3.05) is 29.9 Å². The average molecular weight is 586 g/mol. The number of piperazine rings is 1. The number of nitrogens with one attached hydrogen (secondary N) is 2. The maximum atomic E-state index is 13.3. The number of benzene rings is 3. The molecule has 3 aromatic rings. The number of piperidine rings is 1. The van der Waals surface area contributed by atoms with Crippen LogP contribution in [0.2, 0.25) is 5.02 Å². The molecule has 0 aromatic heterocycles. The second-order valence-electron chi connectivity index (χ2n) is 11.1. The van der Waals surface area contributed by atoms with E-state index in [1.54, 1.807) is 18.2 Å². The molecule has 0 saturated carbocycles. The normalized spacial score (nSPS) is 21.0. The lowest BCUT2D eigenvalue weighted by atomic mass is 10.0. The number of imide groups is 2. The van der Waals surface area contributed by atoms with Gasteiger partial charge in [-0.25, -0.2) is 0 Å². The summed E-state index contributed by atoms with van der Waals surface area (Å²) in [7, 11) is 0. The monoisotopic (exact) mass is 585 g/mol. The molecule has 3 heterocycles. The van der Waals surface area contributed by atoms with E-state index in [-0.39, 0.29) is 24.0 Å². The van der Waals surface area contributed by atoms with Gasteiger partial charge in [-0.3, -0.25) is 34.3 Å². The molecular formula is C32H32ClN5O4. The van der Waals surface area contributed by atoms with E-state index in [2.05, 4.69) is 63.8 Å². The van der Waals surface area contributed by atoms with Crippen molar-refractivity contribution in [2.24, 2.45) is 0 Å². The van der Waals surface area contributed by atoms with E-state index in [0.29, 0.717) is 18.3 Å². The Balaban J connectivity index is 1.07. The molecule has 2 unspecified atom stereocenters. The number of amides is 4. The molecule has 2 atom stereocenters. The summed E-state index contributed by atoms with van der Waals surface area (Å²) >= 11 is 6.05. The van der Waals surface area contributed by atoms with Crippen molar-refractivity contribution in [3.63, 3.8) is 0 Å². The van der Waals surface area contributed by atoms with Crippen molar-refractivity contribution in [3.8, 4) is 0 Å². The molecule has 9 nitrogen and oxygen atoms in total. The zero-order valence-electron chi connectivity index (χ0n) is 23.3. The van der Waals surface area contributed by atoms with Crippen LogP contribution in [0, 0.1) is 0 Å². The molecule has 6 rings (SSSR count). The molecule has 2 fully saturated rings. The minimum Gasteiger partial charge on any atom is -0.380 e. The third kappa shape index (κ3) is 5.49. The molecule has 3 aliphatic rings. The van der Waals surface area contributed by atoms with E-state index in [1.165, 1.54) is 11.3 Å². The molecule has 2 saturated heterocycles. The largest absolute Gasteiger partial charge is 0.380 e. The molecule has 0 spiro atoms. The van der Waals surface area contributed by atoms with Gasteiger partial charge in [0, 0.05) is 61.6 Å². The van der Waals surface area contributed by atoms with Crippen LogP contribution >= 0.6 is 11.6 Å². The minimum absolute atomic E-state index is 0.0867. The number of hydrogen-bond donors (Lipinski definition) is 2. The number of nitrogens with zero attached hydrogens (tertiary/aromatic N) is 3. The van der Waals surface area contributed by atoms with E-state index in [9.17, 15) is 19.2 Å². The predicted molar refractivity (Wildman–Crippen MR) is 160 cm³/mol. The molecule has 3 aromatic carbocycles. The Labute approximate surface area is 249 Å². The minimum atomic E-state index is -0.987. The Hall–Kier alpha value is -4.21. The summed E-state index contributed by atoms with van der Waals surface area (Å²) in [4.78, 5) is 56.2. The summed E-state index contributed by atoms with van der Waals surface area (Å²) in [5.74, 6) is -2.05. The van der Waals surface area contributed by atoms with E-state index in [4.69, 9.17) is 11.6 Å². The predicted octanol–water partition coefficient (Wildman–Crippen LogP) is 4.06. The van der Waals surface area contributed by atoms with E-state index >= 15 is 0 Å². The fraction of sp³-hybridized carbons (Fsp3) is 0.312. The van der Waals surface area contributed by atoms with E-state index in [0.717, 1.165) is 41.7 Å². The van der Waals surface area contributed by atoms with Crippen molar-refractivity contribution >= 4 is 46.6 Å². The topological polar surface area (TPSA) is 102 Å². The van der Waals surface area contributed by atoms with Gasteiger partial charge in [0.1, 0.15) is 6.04 Å². The Morgan fingerprint density at radius 1 is 0.905 bits per heavy atom. The summed E-state index contributed by atoms with van der Waals surface area (Å²) < 4.78 is 0. The van der Waals surface area contributed by atoms with Crippen molar-refractivity contribution in [1.82, 2.24) is 15.1 Å². The van der Waals surface area contributed by atoms with Gasteiger partial charge in [-0.05, 0) is 60.9 Å². The average Bonchev–Trinajstić information content (AvgIpc) is 3.24. The first-order chi connectivity index (χ1) is 20.3. The van der Waals surface area contributed by atoms with Crippen LogP contribution in [0.3, 0.4) is 0 Å². The highest BCUT2D eigenvalue weighted by Crippen LogP contribution is 2.32. The molecule has 216 valence electrons. The summed E-state index contributed by atoms with van der Waals surface area (Å²) in [5.41, 5.74) is 4.52. The van der Waals surface area contributed by atoms with Crippen LogP contribution in [0.4, 0.5) is 11.4 Å². The highest BCUT2D eigenvalue weighted by molar-refractivity contribution is 6.30. The van der Waals surface area contributed by atoms with Crippen LogP contribution in [0.1, 0.15) is 51.6 Å². The quantitative estimate of drug-likeness (QED) is 0.403. The first-order valence-electron chi connectivity index (χ1n) is 14.2. The summed E-state index contributed by atoms with van der Waals surface area (Å²) in [6.07, 6.45) is 0.214. The lowest BCUT2D eigenvalue weighted by Gasteiger charge is -2.41. The van der Waals surface area contributed by atoms with Crippen LogP contribution in [0.5, 0.6) is 0 Å². The van der Waals surface area contributed by atoms with Gasteiger partial charge in [0.05, 0.1) is 11.1 Å². The zero-order chi connectivity index (χ0) is 29.4. The van der Waals surface area contributed by atoms with Crippen LogP contribution in [-0.2, 0) is 22.7 Å². The molecule has 2 N–H and O–H groups in total. The Morgan fingerprint density at radius 3 is 2.36 bits per heavy atom. The smallest absolute Gasteiger partial charge is 0.264 e. The first-order valence-corrected chi connectivity index (χ1v) is 14.6. The van der Waals surface area contributed by atoms with Crippen LogP contribution in [0.25, 0.3) is 0 Å². The van der Waals surface area contributed by atoms with Gasteiger partial charge in [0.15, 0.2) is 0 Å². The van der Waals surface area contributed by atoms with Gasteiger partial charge in [-0.2, -0.15) is 0 Å². The van der Waals surface area contributed by atoms with Crippen LogP contribution < -0.4 is 15.5 Å². The van der Waals surface area contributed by atoms with Crippen molar-refractivity contribution in [1.29, 1.82) is 0 Å². The number of halogens is 1. The fourth-order valence-electron chi connectivity index (χ4n) is 5.97. The van der Waals surface area contributed by atoms with Crippen molar-refractivity contribution in [3.05, 3.63) is 94.0 Å². The molecule has 0 bridgehead atoms. The zero-order valence-corrected chi connectivity index (χ0v) is 24.1. The molecule has 10 heteroatoms. The maximum Gasteiger partial charge on any atom is 0.264 e. The second kappa shape index (κ2) is 11.6. The van der Waals surface area contributed by atoms with Gasteiger partial charge in [0.25, 0.3) is 11.8 Å². The van der Waals surface area contributed by atoms with E-state index < -0.39 is 29.7 Å². The number of rotatable bonds is 7. The van der Waals surface area contributed by atoms with Crippen molar-refractivity contribution < 1.29 is 19.2 Å². The van der Waals surface area contributed by atoms with Crippen LogP contribution in [0.15, 0.2) is 66.7 Å². The highest BCUT2D eigenvalue weighted by Gasteiger charge is 2.45. The molecular weight excluding hydrogens is 554 g/mol. The standard InChI is InChI=1S/C32H32ClN5O4/c1-20-18-37(24-11-9-23(33)10-12-24)16-15-36(20)19-22-7-5-21(6-8-22)17-34-26-4-2-3-25-29(26)32(42)38(31(25)41)27-13-14-28(39)35-30(27)40/h2-12,20,27,34H,13-19H2,1H3,(H,35,39,40). The first kappa shape index (κ1) is 27.9. The Morgan fingerprint density at radius 2 is 1.64 bits per heavy atom. The van der Waals surface area contributed by atoms with Crippen molar-refractivity contribution in [2.45, 2.75) is 44.9 Å². The Kier molecular flexibility index (Phi) is 7.70. The number of hydrogen-bond acceptors (Lipinski definition) is 7. The van der Waals surface area contributed by atoms with Gasteiger partial charge in [-0.1, -0.05) is 41.9 Å². The maximum absolute atomic E-state index is 13.3. The molecule has 0 aliphatic carbocycles. The lowest BCUT2D eigenvalue weighted by molar-refractivity contribution is -0.136. The Bertz CT molecular complexity index is 1540. The fourth-order valence-corrected chi connectivity index (χ4v) is 6.10. The third-order valence-corrected chi connectivity index (χ3v) is 8.57. The van der Waals surface area contributed by atoms with E-state index in [1.807, 2.05) is 12.1 Å². The number of carbonyl (C=O) groups is 4. The molecule has 3 aliphatic heterocycles. The molecule has 4 amide bonds. The summed E-state index contributed by atoms with van der Waals surface area (Å²) in [6, 6.07) is 20.9. The molecule has 42 heavy (non-hydrogen) atoms. The lowest BCUT2D eigenvalue weighted by Crippen LogP contribution is -2.54. The van der Waals surface area contributed by atoms with Gasteiger partial charge in [0.2, 0.25) is 11.8 Å². The van der Waals surface area contributed by atoms with Gasteiger partial charge < -0.3 is 10.2 Å². The van der Waals surface area contributed by atoms with Gasteiger partial charge in [-0.15, -0.1) is 0 Å².